The second-order valence-corrected chi connectivity index (χ2v) is 9.34. The standard InChI is InChI=1S/C26H25N9O5/c1-14-4-5-15(23-30-25(40-33-23)17-10-34(11-17)26(37)39-3)8-18(14)28-24(36)19-9-27-21-7-6-16(12-35(19)21)22-29-20(13-38-2)31-32-22/h4-9,12,17H,10-11,13H2,1-3H3,(H,28,36)(H,29,31,32). The zero-order valence-electron chi connectivity index (χ0n) is 21.9. The van der Waals surface area contributed by atoms with E-state index in [4.69, 9.17) is 14.0 Å². The molecule has 0 saturated carbocycles. The highest BCUT2D eigenvalue weighted by atomic mass is 16.5. The average molecular weight is 544 g/mol. The molecule has 40 heavy (non-hydrogen) atoms. The molecular weight excluding hydrogens is 518 g/mol. The fourth-order valence-corrected chi connectivity index (χ4v) is 4.42. The van der Waals surface area contributed by atoms with Crippen molar-refractivity contribution in [1.82, 2.24) is 39.6 Å². The maximum Gasteiger partial charge on any atom is 0.409 e. The summed E-state index contributed by atoms with van der Waals surface area (Å²) in [6.07, 6.45) is 2.90. The minimum Gasteiger partial charge on any atom is -0.453 e. The van der Waals surface area contributed by atoms with E-state index >= 15 is 0 Å². The van der Waals surface area contributed by atoms with E-state index in [9.17, 15) is 9.59 Å². The van der Waals surface area contributed by atoms with Crippen LogP contribution in [-0.2, 0) is 16.1 Å². The molecule has 204 valence electrons. The monoisotopic (exact) mass is 543 g/mol. The topological polar surface area (TPSA) is 166 Å². The van der Waals surface area contributed by atoms with Crippen LogP contribution in [0.1, 0.15) is 33.7 Å². The zero-order valence-corrected chi connectivity index (χ0v) is 21.9. The molecule has 1 aromatic carbocycles. The maximum atomic E-state index is 13.4. The number of hydrogen-bond acceptors (Lipinski definition) is 10. The van der Waals surface area contributed by atoms with Gasteiger partial charge in [0, 0.05) is 43.2 Å². The van der Waals surface area contributed by atoms with Crippen LogP contribution in [-0.4, -0.2) is 78.9 Å². The normalized spacial score (nSPS) is 13.4. The number of pyridine rings is 1. The molecule has 6 rings (SSSR count). The first-order valence-electron chi connectivity index (χ1n) is 12.4. The van der Waals surface area contributed by atoms with Crippen molar-refractivity contribution in [2.45, 2.75) is 19.4 Å². The number of carbonyl (C=O) groups excluding carboxylic acids is 2. The summed E-state index contributed by atoms with van der Waals surface area (Å²) in [6.45, 7) is 3.11. The SMILES string of the molecule is COCc1nc(-c2ccc3ncc(C(=O)Nc4cc(-c5noc(C6CN(C(=O)OC)C6)n5)ccc4C)n3c2)n[nH]1. The zero-order chi connectivity index (χ0) is 27.8. The van der Waals surface area contributed by atoms with Crippen LogP contribution in [0, 0.1) is 6.92 Å². The van der Waals surface area contributed by atoms with E-state index in [1.807, 2.05) is 25.1 Å². The van der Waals surface area contributed by atoms with Gasteiger partial charge in [-0.15, -0.1) is 0 Å². The lowest BCUT2D eigenvalue weighted by Crippen LogP contribution is -2.48. The second-order valence-electron chi connectivity index (χ2n) is 9.34. The van der Waals surface area contributed by atoms with Crippen LogP contribution in [0.25, 0.3) is 28.4 Å². The number of H-pyrrole nitrogens is 1. The Morgan fingerprint density at radius 3 is 2.75 bits per heavy atom. The molecule has 1 aliphatic rings. The molecule has 4 aromatic heterocycles. The molecule has 14 nitrogen and oxygen atoms in total. The summed E-state index contributed by atoms with van der Waals surface area (Å²) in [5.74, 6) is 1.53. The van der Waals surface area contributed by atoms with Crippen molar-refractivity contribution >= 4 is 23.3 Å². The fourth-order valence-electron chi connectivity index (χ4n) is 4.42. The lowest BCUT2D eigenvalue weighted by Gasteiger charge is -2.35. The minimum atomic E-state index is -0.383. The fraction of sp³-hybridized carbons (Fsp3) is 0.269. The largest absolute Gasteiger partial charge is 0.453 e. The molecule has 5 heterocycles. The van der Waals surface area contributed by atoms with Crippen LogP contribution in [0.3, 0.4) is 0 Å². The van der Waals surface area contributed by atoms with Gasteiger partial charge in [0.2, 0.25) is 11.7 Å². The number of imidazole rings is 1. The van der Waals surface area contributed by atoms with Gasteiger partial charge >= 0.3 is 6.09 Å². The van der Waals surface area contributed by atoms with Crippen LogP contribution in [0.5, 0.6) is 0 Å². The van der Waals surface area contributed by atoms with Crippen molar-refractivity contribution in [1.29, 1.82) is 0 Å². The molecule has 0 atom stereocenters. The molecule has 1 aliphatic heterocycles. The number of fused-ring (bicyclic) bond motifs is 1. The van der Waals surface area contributed by atoms with Gasteiger partial charge in [-0.1, -0.05) is 17.3 Å². The second kappa shape index (κ2) is 10.2. The Bertz CT molecular complexity index is 1720. The molecule has 5 aromatic rings. The van der Waals surface area contributed by atoms with Crippen LogP contribution < -0.4 is 5.32 Å². The molecule has 1 saturated heterocycles. The number of benzene rings is 1. The van der Waals surface area contributed by atoms with Gasteiger partial charge in [0.15, 0.2) is 11.6 Å². The minimum absolute atomic E-state index is 0.0479. The van der Waals surface area contributed by atoms with Crippen LogP contribution in [0.2, 0.25) is 0 Å². The van der Waals surface area contributed by atoms with Gasteiger partial charge in [-0.2, -0.15) is 10.1 Å². The number of methoxy groups -OCH3 is 2. The number of ether oxygens (including phenoxy) is 2. The summed E-state index contributed by atoms with van der Waals surface area (Å²) >= 11 is 0. The average Bonchev–Trinajstić information content (AvgIpc) is 3.69. The van der Waals surface area contributed by atoms with Gasteiger partial charge < -0.3 is 24.2 Å². The van der Waals surface area contributed by atoms with E-state index in [0.29, 0.717) is 71.2 Å². The maximum absolute atomic E-state index is 13.4. The highest BCUT2D eigenvalue weighted by Crippen LogP contribution is 2.29. The van der Waals surface area contributed by atoms with Crippen molar-refractivity contribution in [3.63, 3.8) is 0 Å². The molecule has 0 unspecified atom stereocenters. The molecular formula is C26H25N9O5. The molecule has 0 bridgehead atoms. The number of nitrogens with one attached hydrogen (secondary N) is 2. The molecule has 14 heteroatoms. The van der Waals surface area contributed by atoms with Crippen molar-refractivity contribution < 1.29 is 23.6 Å². The summed E-state index contributed by atoms with van der Waals surface area (Å²) in [5, 5.41) is 14.1. The number of amides is 2. The number of hydrogen-bond donors (Lipinski definition) is 2. The van der Waals surface area contributed by atoms with Gasteiger partial charge in [-0.3, -0.25) is 14.3 Å². The predicted molar refractivity (Wildman–Crippen MR) is 140 cm³/mol. The smallest absolute Gasteiger partial charge is 0.409 e. The number of rotatable bonds is 7. The summed E-state index contributed by atoms with van der Waals surface area (Å²) in [6, 6.07) is 9.16. The van der Waals surface area contributed by atoms with Gasteiger partial charge in [-0.05, 0) is 30.7 Å². The summed E-state index contributed by atoms with van der Waals surface area (Å²) in [5.41, 5.74) is 3.79. The molecule has 0 radical (unpaired) electrons. The third kappa shape index (κ3) is 4.64. The number of aromatic amines is 1. The number of anilines is 1. The third-order valence-corrected chi connectivity index (χ3v) is 6.66. The molecule has 2 amide bonds. The van der Waals surface area contributed by atoms with Crippen molar-refractivity contribution in [2.24, 2.45) is 0 Å². The Morgan fingerprint density at radius 2 is 1.95 bits per heavy atom. The van der Waals surface area contributed by atoms with Gasteiger partial charge in [0.25, 0.3) is 5.91 Å². The van der Waals surface area contributed by atoms with Crippen molar-refractivity contribution in [3.05, 3.63) is 65.7 Å². The summed E-state index contributed by atoms with van der Waals surface area (Å²) in [7, 11) is 2.93. The quantitative estimate of drug-likeness (QED) is 0.311. The number of aryl methyl sites for hydroxylation is 1. The molecule has 2 N–H and O–H groups in total. The molecule has 0 aliphatic carbocycles. The van der Waals surface area contributed by atoms with Crippen LogP contribution in [0.4, 0.5) is 10.5 Å². The summed E-state index contributed by atoms with van der Waals surface area (Å²) in [4.78, 5) is 39.8. The number of likely N-dealkylation sites (tertiary alicyclic amines) is 1. The van der Waals surface area contributed by atoms with Gasteiger partial charge in [-0.25, -0.2) is 14.8 Å². The van der Waals surface area contributed by atoms with Crippen molar-refractivity contribution in [2.75, 3.05) is 32.6 Å². The van der Waals surface area contributed by atoms with E-state index in [1.54, 1.807) is 34.7 Å². The van der Waals surface area contributed by atoms with Crippen molar-refractivity contribution in [3.8, 4) is 22.8 Å². The predicted octanol–water partition coefficient (Wildman–Crippen LogP) is 3.04. The molecule has 1 fully saturated rings. The Balaban J connectivity index is 1.21. The van der Waals surface area contributed by atoms with E-state index in [-0.39, 0.29) is 17.9 Å². The lowest BCUT2D eigenvalue weighted by molar-refractivity contribution is 0.0804. The highest BCUT2D eigenvalue weighted by Gasteiger charge is 2.36. The van der Waals surface area contributed by atoms with Crippen LogP contribution in [0.15, 0.2) is 47.2 Å². The first kappa shape index (κ1) is 25.2. The first-order valence-corrected chi connectivity index (χ1v) is 12.4. The number of carbonyl (C=O) groups is 2. The Hall–Kier alpha value is -5.11. The Kier molecular flexibility index (Phi) is 6.43. The third-order valence-electron chi connectivity index (χ3n) is 6.66. The number of nitrogens with zero attached hydrogens (tertiary/aromatic N) is 7. The first-order chi connectivity index (χ1) is 19.4. The summed E-state index contributed by atoms with van der Waals surface area (Å²) < 4.78 is 17.0. The van der Waals surface area contributed by atoms with Crippen LogP contribution >= 0.6 is 0 Å². The van der Waals surface area contributed by atoms with Gasteiger partial charge in [0.1, 0.15) is 17.9 Å². The highest BCUT2D eigenvalue weighted by molar-refractivity contribution is 6.04. The Morgan fingerprint density at radius 1 is 1.12 bits per heavy atom. The lowest BCUT2D eigenvalue weighted by atomic mass is 10.0. The van der Waals surface area contributed by atoms with E-state index in [2.05, 4.69) is 35.6 Å². The number of aromatic nitrogens is 7. The van der Waals surface area contributed by atoms with E-state index in [1.165, 1.54) is 13.3 Å². The Labute approximate surface area is 227 Å². The molecule has 0 spiro atoms. The van der Waals surface area contributed by atoms with E-state index in [0.717, 1.165) is 5.56 Å². The van der Waals surface area contributed by atoms with Gasteiger partial charge in [0.05, 0.1) is 19.2 Å². The van der Waals surface area contributed by atoms with E-state index < -0.39 is 0 Å².